The molecule has 2 amide bonds. The van der Waals surface area contributed by atoms with Crippen molar-refractivity contribution in [2.45, 2.75) is 26.3 Å². The fourth-order valence-corrected chi connectivity index (χ4v) is 2.52. The van der Waals surface area contributed by atoms with E-state index in [2.05, 4.69) is 27.6 Å². The number of likely N-dealkylation sites (tertiary alicyclic amines) is 1. The van der Waals surface area contributed by atoms with Crippen molar-refractivity contribution >= 4 is 11.7 Å². The van der Waals surface area contributed by atoms with Crippen LogP contribution in [0.3, 0.4) is 0 Å². The van der Waals surface area contributed by atoms with Gasteiger partial charge >= 0.3 is 6.03 Å². The zero-order valence-corrected chi connectivity index (χ0v) is 13.5. The number of amides is 2. The van der Waals surface area contributed by atoms with E-state index in [1.165, 1.54) is 12.8 Å². The molecule has 1 fully saturated rings. The van der Waals surface area contributed by atoms with Gasteiger partial charge in [0.15, 0.2) is 0 Å². The summed E-state index contributed by atoms with van der Waals surface area (Å²) in [7, 11) is 1.65. The van der Waals surface area contributed by atoms with Crippen LogP contribution >= 0.6 is 0 Å². The maximum Gasteiger partial charge on any atom is 0.319 e. The maximum absolute atomic E-state index is 11.8. The summed E-state index contributed by atoms with van der Waals surface area (Å²) in [6.45, 7) is 7.42. The number of anilines is 1. The van der Waals surface area contributed by atoms with Crippen LogP contribution in [-0.2, 0) is 11.3 Å². The van der Waals surface area contributed by atoms with Crippen LogP contribution in [0.15, 0.2) is 12.4 Å². The number of hydrogen-bond acceptors (Lipinski definition) is 4. The van der Waals surface area contributed by atoms with Crippen LogP contribution in [0.5, 0.6) is 0 Å². The second-order valence-corrected chi connectivity index (χ2v) is 5.89. The van der Waals surface area contributed by atoms with Gasteiger partial charge in [-0.2, -0.15) is 5.10 Å². The normalized spacial score (nSPS) is 16.6. The van der Waals surface area contributed by atoms with Crippen molar-refractivity contribution in [1.82, 2.24) is 20.0 Å². The number of nitrogens with one attached hydrogen (secondary N) is 2. The number of carbonyl (C=O) groups excluding carboxylic acids is 1. The molecule has 1 aromatic rings. The van der Waals surface area contributed by atoms with Gasteiger partial charge in [0.2, 0.25) is 0 Å². The first-order valence-corrected chi connectivity index (χ1v) is 7.96. The molecule has 1 aliphatic rings. The van der Waals surface area contributed by atoms with Gasteiger partial charge in [0.1, 0.15) is 0 Å². The SMILES string of the molecule is COCCn1cc(NC(=O)NCCN2CCC(C)CC2)cn1. The number of aromatic nitrogens is 2. The number of carbonyl (C=O) groups is 1. The predicted octanol–water partition coefficient (Wildman–Crippen LogP) is 1.38. The Bertz CT molecular complexity index is 455. The van der Waals surface area contributed by atoms with Crippen LogP contribution in [0.1, 0.15) is 19.8 Å². The number of ether oxygens (including phenoxy) is 1. The number of nitrogens with zero attached hydrogens (tertiary/aromatic N) is 3. The van der Waals surface area contributed by atoms with Crippen LogP contribution in [0, 0.1) is 5.92 Å². The minimum atomic E-state index is -0.184. The van der Waals surface area contributed by atoms with Gasteiger partial charge in [-0.15, -0.1) is 0 Å². The van der Waals surface area contributed by atoms with Gasteiger partial charge in [-0.25, -0.2) is 4.79 Å². The topological polar surface area (TPSA) is 71.4 Å². The Hall–Kier alpha value is -1.60. The standard InChI is InChI=1S/C15H27N5O2/c1-13-3-6-19(7-4-13)8-5-16-15(21)18-14-11-17-20(12-14)9-10-22-2/h11-13H,3-10H2,1-2H3,(H2,16,18,21). The zero-order chi connectivity index (χ0) is 15.8. The highest BCUT2D eigenvalue weighted by Crippen LogP contribution is 2.15. The van der Waals surface area contributed by atoms with Crippen molar-refractivity contribution in [3.63, 3.8) is 0 Å². The average Bonchev–Trinajstić information content (AvgIpc) is 2.94. The third-order valence-electron chi connectivity index (χ3n) is 4.01. The van der Waals surface area contributed by atoms with Crippen LogP contribution in [-0.4, -0.2) is 60.6 Å². The van der Waals surface area contributed by atoms with Crippen molar-refractivity contribution in [2.75, 3.05) is 45.2 Å². The molecule has 1 aliphatic heterocycles. The van der Waals surface area contributed by atoms with E-state index < -0.39 is 0 Å². The summed E-state index contributed by atoms with van der Waals surface area (Å²) in [5, 5.41) is 9.83. The molecule has 7 heteroatoms. The largest absolute Gasteiger partial charge is 0.383 e. The molecular weight excluding hydrogens is 282 g/mol. The number of piperidine rings is 1. The predicted molar refractivity (Wildman–Crippen MR) is 86.0 cm³/mol. The van der Waals surface area contributed by atoms with Gasteiger partial charge in [-0.3, -0.25) is 4.68 Å². The molecule has 0 aliphatic carbocycles. The van der Waals surface area contributed by atoms with E-state index >= 15 is 0 Å². The second-order valence-electron chi connectivity index (χ2n) is 5.89. The molecule has 0 unspecified atom stereocenters. The monoisotopic (exact) mass is 309 g/mol. The molecular formula is C15H27N5O2. The highest BCUT2D eigenvalue weighted by atomic mass is 16.5. The number of hydrogen-bond donors (Lipinski definition) is 2. The highest BCUT2D eigenvalue weighted by Gasteiger charge is 2.15. The number of methoxy groups -OCH3 is 1. The summed E-state index contributed by atoms with van der Waals surface area (Å²) in [5.74, 6) is 0.835. The van der Waals surface area contributed by atoms with Gasteiger partial charge in [-0.05, 0) is 31.8 Å². The lowest BCUT2D eigenvalue weighted by molar-refractivity contribution is 0.183. The Morgan fingerprint density at radius 3 is 2.91 bits per heavy atom. The molecule has 0 atom stereocenters. The quantitative estimate of drug-likeness (QED) is 0.798. The third kappa shape index (κ3) is 5.65. The first kappa shape index (κ1) is 16.8. The lowest BCUT2D eigenvalue weighted by Crippen LogP contribution is -2.40. The van der Waals surface area contributed by atoms with Gasteiger partial charge in [0.05, 0.1) is 25.0 Å². The molecule has 0 aromatic carbocycles. The number of urea groups is 1. The van der Waals surface area contributed by atoms with E-state index in [-0.39, 0.29) is 6.03 Å². The minimum Gasteiger partial charge on any atom is -0.383 e. The Kier molecular flexibility index (Phi) is 6.67. The molecule has 2 heterocycles. The summed E-state index contributed by atoms with van der Waals surface area (Å²) in [5.41, 5.74) is 0.695. The van der Waals surface area contributed by atoms with E-state index in [1.54, 1.807) is 24.2 Å². The smallest absolute Gasteiger partial charge is 0.319 e. The minimum absolute atomic E-state index is 0.184. The van der Waals surface area contributed by atoms with E-state index in [1.807, 2.05) is 0 Å². The van der Waals surface area contributed by atoms with Crippen molar-refractivity contribution < 1.29 is 9.53 Å². The molecule has 2 N–H and O–H groups in total. The third-order valence-corrected chi connectivity index (χ3v) is 4.01. The van der Waals surface area contributed by atoms with Crippen LogP contribution in [0.4, 0.5) is 10.5 Å². The molecule has 124 valence electrons. The van der Waals surface area contributed by atoms with Crippen LogP contribution < -0.4 is 10.6 Å². The van der Waals surface area contributed by atoms with Crippen molar-refractivity contribution in [1.29, 1.82) is 0 Å². The van der Waals surface area contributed by atoms with E-state index in [4.69, 9.17) is 4.74 Å². The van der Waals surface area contributed by atoms with E-state index in [0.717, 1.165) is 25.6 Å². The van der Waals surface area contributed by atoms with Gasteiger partial charge in [0, 0.05) is 26.4 Å². The summed E-state index contributed by atoms with van der Waals surface area (Å²) in [6, 6.07) is -0.184. The Morgan fingerprint density at radius 1 is 1.41 bits per heavy atom. The fraction of sp³-hybridized carbons (Fsp3) is 0.733. The van der Waals surface area contributed by atoms with Crippen LogP contribution in [0.2, 0.25) is 0 Å². The van der Waals surface area contributed by atoms with E-state index in [0.29, 0.717) is 25.4 Å². The van der Waals surface area contributed by atoms with Gasteiger partial charge < -0.3 is 20.3 Å². The summed E-state index contributed by atoms with van der Waals surface area (Å²) < 4.78 is 6.73. The summed E-state index contributed by atoms with van der Waals surface area (Å²) in [6.07, 6.45) is 5.95. The Labute approximate surface area is 132 Å². The Balaban J connectivity index is 1.62. The van der Waals surface area contributed by atoms with Crippen molar-refractivity contribution in [3.05, 3.63) is 12.4 Å². The van der Waals surface area contributed by atoms with Gasteiger partial charge in [-0.1, -0.05) is 6.92 Å². The van der Waals surface area contributed by atoms with E-state index in [9.17, 15) is 4.79 Å². The lowest BCUT2D eigenvalue weighted by Gasteiger charge is -2.30. The highest BCUT2D eigenvalue weighted by molar-refractivity contribution is 5.88. The van der Waals surface area contributed by atoms with Gasteiger partial charge in [0.25, 0.3) is 0 Å². The summed E-state index contributed by atoms with van der Waals surface area (Å²) >= 11 is 0. The first-order valence-electron chi connectivity index (χ1n) is 7.96. The molecule has 0 bridgehead atoms. The molecule has 7 nitrogen and oxygen atoms in total. The van der Waals surface area contributed by atoms with Crippen molar-refractivity contribution in [2.24, 2.45) is 5.92 Å². The molecule has 2 rings (SSSR count). The lowest BCUT2D eigenvalue weighted by atomic mass is 9.99. The molecule has 0 spiro atoms. The number of rotatable bonds is 7. The first-order chi connectivity index (χ1) is 10.7. The second kappa shape index (κ2) is 8.75. The molecule has 1 aromatic heterocycles. The van der Waals surface area contributed by atoms with Crippen molar-refractivity contribution in [3.8, 4) is 0 Å². The molecule has 0 radical (unpaired) electrons. The Morgan fingerprint density at radius 2 is 2.18 bits per heavy atom. The molecule has 22 heavy (non-hydrogen) atoms. The molecule has 1 saturated heterocycles. The van der Waals surface area contributed by atoms with Crippen LogP contribution in [0.25, 0.3) is 0 Å². The summed E-state index contributed by atoms with van der Waals surface area (Å²) in [4.78, 5) is 14.2. The fourth-order valence-electron chi connectivity index (χ4n) is 2.52. The maximum atomic E-state index is 11.8. The zero-order valence-electron chi connectivity index (χ0n) is 13.5. The molecule has 0 saturated carbocycles. The average molecular weight is 309 g/mol.